The lowest BCUT2D eigenvalue weighted by Gasteiger charge is -2.13. The first-order valence-electron chi connectivity index (χ1n) is 6.06. The van der Waals surface area contributed by atoms with Crippen LogP contribution in [0.3, 0.4) is 0 Å². The van der Waals surface area contributed by atoms with E-state index >= 15 is 0 Å². The van der Waals surface area contributed by atoms with Crippen LogP contribution in [0, 0.1) is 17.0 Å². The first-order chi connectivity index (χ1) is 9.77. The summed E-state index contributed by atoms with van der Waals surface area (Å²) in [5.74, 6) is 0. The van der Waals surface area contributed by atoms with Gasteiger partial charge in [-0.25, -0.2) is 8.42 Å². The molecule has 2 rings (SSSR count). The van der Waals surface area contributed by atoms with Gasteiger partial charge in [0, 0.05) is 12.1 Å². The first-order valence-corrected chi connectivity index (χ1v) is 7.47. The first kappa shape index (κ1) is 15.1. The lowest BCUT2D eigenvalue weighted by molar-refractivity contribution is -0.384. The summed E-state index contributed by atoms with van der Waals surface area (Å²) in [5.41, 5.74) is 1.87. The molecule has 0 heterocycles. The number of benzene rings is 2. The summed E-state index contributed by atoms with van der Waals surface area (Å²) in [6, 6.07) is 10.3. The van der Waals surface area contributed by atoms with E-state index in [0.29, 0.717) is 11.1 Å². The molecule has 0 amide bonds. The molecular formula is C14H12NO5S-. The van der Waals surface area contributed by atoms with Gasteiger partial charge in [-0.1, -0.05) is 29.8 Å². The Morgan fingerprint density at radius 3 is 2.24 bits per heavy atom. The van der Waals surface area contributed by atoms with Gasteiger partial charge in [-0.05, 0) is 30.5 Å². The molecule has 0 aliphatic rings. The molecule has 0 spiro atoms. The molecule has 21 heavy (non-hydrogen) atoms. The normalized spacial score (nSPS) is 11.3. The molecule has 2 aromatic rings. The standard InChI is InChI=1S/C14H13NO5S/c1-10-2-7-14(21(18,19)20)12(8-10)9-11-3-5-13(6-4-11)15(16)17/h2-8H,9H2,1H3,(H,18,19,20)/p-1. The molecule has 0 atom stereocenters. The van der Waals surface area contributed by atoms with Gasteiger partial charge in [-0.2, -0.15) is 0 Å². The van der Waals surface area contributed by atoms with Crippen molar-refractivity contribution >= 4 is 15.8 Å². The number of nitro benzene ring substituents is 1. The fourth-order valence-corrected chi connectivity index (χ4v) is 2.73. The Kier molecular flexibility index (Phi) is 4.06. The van der Waals surface area contributed by atoms with Crippen molar-refractivity contribution in [2.45, 2.75) is 18.2 Å². The zero-order chi connectivity index (χ0) is 15.6. The molecular weight excluding hydrogens is 294 g/mol. The maximum atomic E-state index is 11.3. The summed E-state index contributed by atoms with van der Waals surface area (Å²) in [6.07, 6.45) is 0.219. The Hall–Kier alpha value is -2.25. The summed E-state index contributed by atoms with van der Waals surface area (Å²) >= 11 is 0. The summed E-state index contributed by atoms with van der Waals surface area (Å²) in [4.78, 5) is 9.82. The molecule has 0 bridgehead atoms. The number of nitro groups is 1. The molecule has 0 fully saturated rings. The van der Waals surface area contributed by atoms with E-state index < -0.39 is 15.0 Å². The topological polar surface area (TPSA) is 100 Å². The second-order valence-electron chi connectivity index (χ2n) is 4.67. The molecule has 0 saturated carbocycles. The third-order valence-electron chi connectivity index (χ3n) is 3.03. The minimum absolute atomic E-state index is 0.0420. The Morgan fingerprint density at radius 2 is 1.71 bits per heavy atom. The van der Waals surface area contributed by atoms with E-state index in [-0.39, 0.29) is 17.0 Å². The van der Waals surface area contributed by atoms with Crippen LogP contribution in [0.5, 0.6) is 0 Å². The van der Waals surface area contributed by atoms with E-state index in [1.165, 1.54) is 18.2 Å². The van der Waals surface area contributed by atoms with E-state index in [0.717, 1.165) is 5.56 Å². The quantitative estimate of drug-likeness (QED) is 0.490. The lowest BCUT2D eigenvalue weighted by atomic mass is 10.0. The van der Waals surface area contributed by atoms with Gasteiger partial charge in [0.25, 0.3) is 5.69 Å². The van der Waals surface area contributed by atoms with Crippen molar-refractivity contribution in [3.8, 4) is 0 Å². The van der Waals surface area contributed by atoms with E-state index in [1.54, 1.807) is 31.2 Å². The highest BCUT2D eigenvalue weighted by atomic mass is 32.2. The van der Waals surface area contributed by atoms with Gasteiger partial charge in [0.15, 0.2) is 0 Å². The highest BCUT2D eigenvalue weighted by molar-refractivity contribution is 7.85. The summed E-state index contributed by atoms with van der Waals surface area (Å²) < 4.78 is 33.8. The van der Waals surface area contributed by atoms with Crippen molar-refractivity contribution in [1.29, 1.82) is 0 Å². The number of rotatable bonds is 4. The van der Waals surface area contributed by atoms with Crippen LogP contribution >= 0.6 is 0 Å². The Morgan fingerprint density at radius 1 is 1.10 bits per heavy atom. The lowest BCUT2D eigenvalue weighted by Crippen LogP contribution is -2.04. The minimum atomic E-state index is -4.55. The van der Waals surface area contributed by atoms with Gasteiger partial charge in [0.05, 0.1) is 9.82 Å². The zero-order valence-electron chi connectivity index (χ0n) is 11.1. The van der Waals surface area contributed by atoms with Gasteiger partial charge in [-0.3, -0.25) is 10.1 Å². The number of aryl methyl sites for hydroxylation is 1. The Labute approximate surface area is 121 Å². The average molecular weight is 306 g/mol. The molecule has 0 saturated heterocycles. The third-order valence-corrected chi connectivity index (χ3v) is 3.96. The van der Waals surface area contributed by atoms with Crippen molar-refractivity contribution in [3.63, 3.8) is 0 Å². The predicted molar refractivity (Wildman–Crippen MR) is 75.0 cm³/mol. The second-order valence-corrected chi connectivity index (χ2v) is 6.01. The van der Waals surface area contributed by atoms with Crippen LogP contribution in [0.2, 0.25) is 0 Å². The van der Waals surface area contributed by atoms with E-state index in [2.05, 4.69) is 0 Å². The summed E-state index contributed by atoms with van der Waals surface area (Å²) in [7, 11) is -4.55. The summed E-state index contributed by atoms with van der Waals surface area (Å²) in [6.45, 7) is 1.79. The van der Waals surface area contributed by atoms with Crippen molar-refractivity contribution in [1.82, 2.24) is 0 Å². The number of nitrogens with zero attached hydrogens (tertiary/aromatic N) is 1. The zero-order valence-corrected chi connectivity index (χ0v) is 12.0. The largest absolute Gasteiger partial charge is 0.744 e. The van der Waals surface area contributed by atoms with Crippen LogP contribution in [0.25, 0.3) is 0 Å². The van der Waals surface area contributed by atoms with Crippen LogP contribution in [-0.2, 0) is 16.5 Å². The van der Waals surface area contributed by atoms with E-state index in [1.807, 2.05) is 0 Å². The van der Waals surface area contributed by atoms with Crippen LogP contribution in [0.1, 0.15) is 16.7 Å². The molecule has 0 N–H and O–H groups in total. The van der Waals surface area contributed by atoms with Crippen molar-refractivity contribution in [2.24, 2.45) is 0 Å². The molecule has 0 aliphatic carbocycles. The molecule has 6 nitrogen and oxygen atoms in total. The van der Waals surface area contributed by atoms with Crippen LogP contribution in [0.4, 0.5) is 5.69 Å². The van der Waals surface area contributed by atoms with Crippen LogP contribution < -0.4 is 0 Å². The monoisotopic (exact) mass is 306 g/mol. The molecule has 0 aliphatic heterocycles. The molecule has 0 aromatic heterocycles. The Bertz CT molecular complexity index is 782. The van der Waals surface area contributed by atoms with Gasteiger partial charge >= 0.3 is 0 Å². The smallest absolute Gasteiger partial charge is 0.269 e. The van der Waals surface area contributed by atoms with Crippen molar-refractivity contribution < 1.29 is 17.9 Å². The van der Waals surface area contributed by atoms with Gasteiger partial charge in [0.2, 0.25) is 0 Å². The van der Waals surface area contributed by atoms with Gasteiger partial charge in [0.1, 0.15) is 10.1 Å². The second kappa shape index (κ2) is 5.63. The molecule has 0 radical (unpaired) electrons. The minimum Gasteiger partial charge on any atom is -0.744 e. The van der Waals surface area contributed by atoms with Crippen LogP contribution in [-0.4, -0.2) is 17.9 Å². The van der Waals surface area contributed by atoms with Crippen LogP contribution in [0.15, 0.2) is 47.4 Å². The van der Waals surface area contributed by atoms with E-state index in [9.17, 15) is 23.1 Å². The summed E-state index contributed by atoms with van der Waals surface area (Å²) in [5, 5.41) is 10.6. The maximum Gasteiger partial charge on any atom is 0.269 e. The van der Waals surface area contributed by atoms with E-state index in [4.69, 9.17) is 0 Å². The SMILES string of the molecule is Cc1ccc(S(=O)(=O)[O-])c(Cc2ccc([N+](=O)[O-])cc2)c1. The highest BCUT2D eigenvalue weighted by Crippen LogP contribution is 2.22. The Balaban J connectivity index is 2.39. The maximum absolute atomic E-state index is 11.3. The van der Waals surface area contributed by atoms with Gasteiger partial charge < -0.3 is 4.55 Å². The average Bonchev–Trinajstić information content (AvgIpc) is 2.38. The number of hydrogen-bond donors (Lipinski definition) is 0. The number of non-ortho nitro benzene ring substituents is 1. The molecule has 0 unspecified atom stereocenters. The third kappa shape index (κ3) is 3.65. The number of hydrogen-bond acceptors (Lipinski definition) is 5. The molecule has 110 valence electrons. The van der Waals surface area contributed by atoms with Crippen molar-refractivity contribution in [2.75, 3.05) is 0 Å². The highest BCUT2D eigenvalue weighted by Gasteiger charge is 2.11. The molecule has 2 aromatic carbocycles. The van der Waals surface area contributed by atoms with Gasteiger partial charge in [-0.15, -0.1) is 0 Å². The van der Waals surface area contributed by atoms with Crippen molar-refractivity contribution in [3.05, 3.63) is 69.3 Å². The fraction of sp³-hybridized carbons (Fsp3) is 0.143. The molecule has 7 heteroatoms. The predicted octanol–water partition coefficient (Wildman–Crippen LogP) is 2.40. The fourth-order valence-electron chi connectivity index (χ4n) is 2.05.